The van der Waals surface area contributed by atoms with Crippen LogP contribution in [0.1, 0.15) is 50.0 Å². The summed E-state index contributed by atoms with van der Waals surface area (Å²) in [4.78, 5) is 45.1. The third-order valence-corrected chi connectivity index (χ3v) is 6.53. The van der Waals surface area contributed by atoms with Crippen molar-refractivity contribution in [1.82, 2.24) is 4.98 Å². The van der Waals surface area contributed by atoms with Gasteiger partial charge in [0.25, 0.3) is 5.91 Å². The molecule has 5 rings (SSSR count). The van der Waals surface area contributed by atoms with Crippen LogP contribution in [0.3, 0.4) is 0 Å². The standard InChI is InChI=1S/C23H16N2O5S/c1-11-21(12(2)26)31-23(24-11)25-18(13-6-5-7-14(27)10-13)17-19(28)15-8-3-4-9-16(15)30-20(17)22(25)29/h3-10,18,27H,1-2H3/t18-/m0/s1. The molecule has 1 aliphatic heterocycles. The molecule has 1 amide bonds. The number of hydrogen-bond donors (Lipinski definition) is 1. The number of hydrogen-bond acceptors (Lipinski definition) is 7. The van der Waals surface area contributed by atoms with Gasteiger partial charge in [0.15, 0.2) is 16.3 Å². The van der Waals surface area contributed by atoms with Crippen LogP contribution in [0.5, 0.6) is 5.75 Å². The highest BCUT2D eigenvalue weighted by atomic mass is 32.1. The van der Waals surface area contributed by atoms with Crippen LogP contribution in [0, 0.1) is 6.92 Å². The monoisotopic (exact) mass is 432 g/mol. The average molecular weight is 432 g/mol. The predicted molar refractivity (Wildman–Crippen MR) is 116 cm³/mol. The number of fused-ring (bicyclic) bond motifs is 2. The minimum absolute atomic E-state index is 0.00303. The highest BCUT2D eigenvalue weighted by molar-refractivity contribution is 7.17. The van der Waals surface area contributed by atoms with Gasteiger partial charge in [-0.1, -0.05) is 35.6 Å². The van der Waals surface area contributed by atoms with E-state index in [9.17, 15) is 19.5 Å². The zero-order valence-electron chi connectivity index (χ0n) is 16.6. The van der Waals surface area contributed by atoms with Crippen LogP contribution in [-0.2, 0) is 0 Å². The van der Waals surface area contributed by atoms with Gasteiger partial charge in [0.1, 0.15) is 11.3 Å². The van der Waals surface area contributed by atoms with Crippen molar-refractivity contribution in [3.63, 3.8) is 0 Å². The lowest BCUT2D eigenvalue weighted by Crippen LogP contribution is -2.29. The molecule has 4 aromatic rings. The molecule has 8 heteroatoms. The number of ketones is 1. The van der Waals surface area contributed by atoms with E-state index in [1.165, 1.54) is 24.0 Å². The van der Waals surface area contributed by atoms with E-state index >= 15 is 0 Å². The van der Waals surface area contributed by atoms with E-state index in [2.05, 4.69) is 4.98 Å². The third-order valence-electron chi connectivity index (χ3n) is 5.27. The van der Waals surface area contributed by atoms with Crippen molar-refractivity contribution in [2.24, 2.45) is 0 Å². The van der Waals surface area contributed by atoms with Gasteiger partial charge in [0.2, 0.25) is 5.76 Å². The summed E-state index contributed by atoms with van der Waals surface area (Å²) in [5.41, 5.74) is 1.23. The Kier molecular flexibility index (Phi) is 4.26. The smallest absolute Gasteiger partial charge is 0.297 e. The fraction of sp³-hybridized carbons (Fsp3) is 0.130. The number of aromatic nitrogens is 1. The number of anilines is 1. The maximum absolute atomic E-state index is 13.5. The molecule has 31 heavy (non-hydrogen) atoms. The van der Waals surface area contributed by atoms with E-state index in [-0.39, 0.29) is 33.4 Å². The number of aryl methyl sites for hydroxylation is 1. The Balaban J connectivity index is 1.81. The Morgan fingerprint density at radius 3 is 2.65 bits per heavy atom. The van der Waals surface area contributed by atoms with Crippen molar-refractivity contribution in [1.29, 1.82) is 0 Å². The lowest BCUT2D eigenvalue weighted by Gasteiger charge is -2.22. The van der Waals surface area contributed by atoms with E-state index in [1.807, 2.05) is 0 Å². The quantitative estimate of drug-likeness (QED) is 0.487. The van der Waals surface area contributed by atoms with E-state index in [0.29, 0.717) is 27.1 Å². The van der Waals surface area contributed by atoms with Crippen molar-refractivity contribution in [3.05, 3.63) is 86.2 Å². The first kappa shape index (κ1) is 19.2. The second-order valence-electron chi connectivity index (χ2n) is 7.31. The van der Waals surface area contributed by atoms with Crippen LogP contribution in [-0.4, -0.2) is 21.8 Å². The van der Waals surface area contributed by atoms with Gasteiger partial charge in [-0.15, -0.1) is 0 Å². The molecule has 1 N–H and O–H groups in total. The zero-order valence-corrected chi connectivity index (χ0v) is 17.4. The van der Waals surface area contributed by atoms with Gasteiger partial charge in [0.05, 0.1) is 27.6 Å². The lowest BCUT2D eigenvalue weighted by molar-refractivity contribution is 0.0969. The molecular weight excluding hydrogens is 416 g/mol. The normalized spacial score (nSPS) is 15.5. The van der Waals surface area contributed by atoms with Crippen LogP contribution in [0.2, 0.25) is 0 Å². The van der Waals surface area contributed by atoms with Gasteiger partial charge in [0, 0.05) is 6.92 Å². The summed E-state index contributed by atoms with van der Waals surface area (Å²) in [5, 5.41) is 10.7. The Hall–Kier alpha value is -3.78. The maximum Gasteiger partial charge on any atom is 0.297 e. The Morgan fingerprint density at radius 1 is 1.16 bits per heavy atom. The predicted octanol–water partition coefficient (Wildman–Crippen LogP) is 4.22. The second kappa shape index (κ2) is 6.88. The van der Waals surface area contributed by atoms with Crippen LogP contribution >= 0.6 is 11.3 Å². The molecule has 0 spiro atoms. The number of phenols is 1. The first-order valence-electron chi connectivity index (χ1n) is 9.53. The van der Waals surface area contributed by atoms with E-state index in [1.54, 1.807) is 43.3 Å². The average Bonchev–Trinajstić information content (AvgIpc) is 3.26. The fourth-order valence-electron chi connectivity index (χ4n) is 3.94. The van der Waals surface area contributed by atoms with Crippen molar-refractivity contribution >= 4 is 39.1 Å². The lowest BCUT2D eigenvalue weighted by atomic mass is 9.98. The summed E-state index contributed by atoms with van der Waals surface area (Å²) in [6.07, 6.45) is 0. The highest BCUT2D eigenvalue weighted by Gasteiger charge is 2.45. The summed E-state index contributed by atoms with van der Waals surface area (Å²) in [5.74, 6) is -0.730. The fourth-order valence-corrected chi connectivity index (χ4v) is 4.93. The van der Waals surface area contributed by atoms with Crippen LogP contribution < -0.4 is 10.3 Å². The highest BCUT2D eigenvalue weighted by Crippen LogP contribution is 2.43. The van der Waals surface area contributed by atoms with Gasteiger partial charge in [-0.2, -0.15) is 0 Å². The number of amides is 1. The molecule has 0 saturated heterocycles. The molecule has 154 valence electrons. The van der Waals surface area contributed by atoms with Crippen molar-refractivity contribution in [3.8, 4) is 5.75 Å². The Bertz CT molecular complexity index is 1450. The van der Waals surface area contributed by atoms with Gasteiger partial charge >= 0.3 is 0 Å². The largest absolute Gasteiger partial charge is 0.508 e. The van der Waals surface area contributed by atoms with Gasteiger partial charge < -0.3 is 9.52 Å². The van der Waals surface area contributed by atoms with Gasteiger partial charge in [-0.05, 0) is 36.8 Å². The number of phenolic OH excluding ortho intramolecular Hbond substituents is 1. The summed E-state index contributed by atoms with van der Waals surface area (Å²) in [6.45, 7) is 3.14. The molecule has 0 radical (unpaired) electrons. The maximum atomic E-state index is 13.5. The molecule has 1 atom stereocenters. The van der Waals surface area contributed by atoms with E-state index in [4.69, 9.17) is 4.42 Å². The molecule has 3 heterocycles. The zero-order chi connectivity index (χ0) is 21.9. The number of carbonyl (C=O) groups excluding carboxylic acids is 2. The molecule has 2 aromatic heterocycles. The van der Waals surface area contributed by atoms with Crippen LogP contribution in [0.4, 0.5) is 5.13 Å². The number of para-hydroxylation sites is 1. The van der Waals surface area contributed by atoms with Crippen molar-refractivity contribution in [2.75, 3.05) is 4.90 Å². The third kappa shape index (κ3) is 2.87. The SMILES string of the molecule is CC(=O)c1sc(N2C(=O)c3oc4ccccc4c(=O)c3[C@@H]2c2cccc(O)c2)nc1C. The molecule has 0 aliphatic carbocycles. The van der Waals surface area contributed by atoms with Crippen molar-refractivity contribution < 1.29 is 19.1 Å². The first-order chi connectivity index (χ1) is 14.9. The van der Waals surface area contributed by atoms with Gasteiger partial charge in [-0.25, -0.2) is 4.98 Å². The molecule has 0 bridgehead atoms. The Labute approximate surface area is 180 Å². The molecule has 0 unspecified atom stereocenters. The van der Waals surface area contributed by atoms with E-state index in [0.717, 1.165) is 11.3 Å². The number of benzene rings is 2. The number of rotatable bonds is 3. The van der Waals surface area contributed by atoms with Crippen LogP contribution in [0.15, 0.2) is 57.7 Å². The number of aromatic hydroxyl groups is 1. The molecule has 7 nitrogen and oxygen atoms in total. The molecule has 0 fully saturated rings. The van der Waals surface area contributed by atoms with Crippen LogP contribution in [0.25, 0.3) is 11.0 Å². The second-order valence-corrected chi connectivity index (χ2v) is 8.29. The van der Waals surface area contributed by atoms with Gasteiger partial charge in [-0.3, -0.25) is 19.3 Å². The summed E-state index contributed by atoms with van der Waals surface area (Å²) < 4.78 is 5.87. The number of carbonyl (C=O) groups is 2. The van der Waals surface area contributed by atoms with Crippen molar-refractivity contribution in [2.45, 2.75) is 19.9 Å². The van der Waals surface area contributed by atoms with E-state index < -0.39 is 11.9 Å². The first-order valence-corrected chi connectivity index (χ1v) is 10.3. The summed E-state index contributed by atoms with van der Waals surface area (Å²) in [7, 11) is 0. The molecule has 0 saturated carbocycles. The molecular formula is C23H16N2O5S. The minimum atomic E-state index is -0.846. The summed E-state index contributed by atoms with van der Waals surface area (Å²) in [6, 6.07) is 12.3. The molecule has 1 aliphatic rings. The minimum Gasteiger partial charge on any atom is -0.508 e. The number of nitrogens with zero attached hydrogens (tertiary/aromatic N) is 2. The number of Topliss-reactive ketones (excluding diaryl/α,β-unsaturated/α-hetero) is 1. The molecule has 2 aromatic carbocycles. The Morgan fingerprint density at radius 2 is 1.94 bits per heavy atom. The topological polar surface area (TPSA) is 101 Å². The number of thiazole rings is 1. The summed E-state index contributed by atoms with van der Waals surface area (Å²) >= 11 is 1.09.